The zero-order valence-electron chi connectivity index (χ0n) is 18.2. The maximum absolute atomic E-state index is 2.51. The highest BCUT2D eigenvalue weighted by atomic mass is 31.1. The zero-order chi connectivity index (χ0) is 20.4. The topological polar surface area (TPSA) is 0 Å². The molecule has 28 heavy (non-hydrogen) atoms. The molecule has 1 unspecified atom stereocenters. The van der Waals surface area contributed by atoms with E-state index in [4.69, 9.17) is 0 Å². The highest BCUT2D eigenvalue weighted by Gasteiger charge is 2.17. The van der Waals surface area contributed by atoms with Crippen LogP contribution in [0.15, 0.2) is 48.5 Å². The average molecular weight is 387 g/mol. The van der Waals surface area contributed by atoms with E-state index in [1.165, 1.54) is 55.4 Å². The number of hydrogen-bond acceptors (Lipinski definition) is 0. The van der Waals surface area contributed by atoms with Gasteiger partial charge in [-0.2, -0.15) is 0 Å². The predicted molar refractivity (Wildman–Crippen MR) is 128 cm³/mol. The smallest absolute Gasteiger partial charge is 0.144 e. The number of rotatable bonds is 4. The van der Waals surface area contributed by atoms with Gasteiger partial charge in [0.25, 0.3) is 0 Å². The van der Waals surface area contributed by atoms with Crippen molar-refractivity contribution in [3.05, 3.63) is 105 Å². The van der Waals surface area contributed by atoms with Crippen molar-refractivity contribution < 1.29 is 0 Å². The van der Waals surface area contributed by atoms with E-state index in [0.717, 1.165) is 0 Å². The lowest BCUT2D eigenvalue weighted by atomic mass is 10.0. The Balaban J connectivity index is 2.19. The van der Waals surface area contributed by atoms with Crippen molar-refractivity contribution in [3.63, 3.8) is 0 Å². The Kier molecular flexibility index (Phi) is 6.11. The van der Waals surface area contributed by atoms with Gasteiger partial charge in [0.15, 0.2) is 0 Å². The van der Waals surface area contributed by atoms with Crippen LogP contribution in [0.25, 0.3) is 0 Å². The molecule has 0 aliphatic heterocycles. The molecule has 144 valence electrons. The third-order valence-corrected chi connectivity index (χ3v) is 7.54. The predicted octanol–water partition coefficient (Wildman–Crippen LogP) is 7.01. The quantitative estimate of drug-likeness (QED) is 0.334. The van der Waals surface area contributed by atoms with Gasteiger partial charge in [0.05, 0.1) is 0 Å². The van der Waals surface area contributed by atoms with Crippen LogP contribution in [0.4, 0.5) is 0 Å². The van der Waals surface area contributed by atoms with Gasteiger partial charge in [-0.1, -0.05) is 55.3 Å². The highest BCUT2D eigenvalue weighted by Crippen LogP contribution is 2.36. The van der Waals surface area contributed by atoms with Gasteiger partial charge < -0.3 is 0 Å². The van der Waals surface area contributed by atoms with Crippen LogP contribution in [0.2, 0.25) is 0 Å². The van der Waals surface area contributed by atoms with E-state index < -0.39 is 7.55 Å². The molecule has 0 aliphatic carbocycles. The molecule has 0 aromatic heterocycles. The summed E-state index contributed by atoms with van der Waals surface area (Å²) in [5.74, 6) is 2.51. The lowest BCUT2D eigenvalue weighted by molar-refractivity contribution is 1.28. The second-order valence-corrected chi connectivity index (χ2v) is 9.89. The molecular weight excluding hydrogens is 355 g/mol. The molecule has 0 N–H and O–H groups in total. The molecule has 0 spiro atoms. The monoisotopic (exact) mass is 386 g/mol. The van der Waals surface area contributed by atoms with Crippen molar-refractivity contribution in [2.45, 2.75) is 48.5 Å². The fraction of sp³-hybridized carbons (Fsp3) is 0.259. The van der Waals surface area contributed by atoms with E-state index in [1.54, 1.807) is 0 Å². The molecule has 0 nitrogen and oxygen atoms in total. The summed E-state index contributed by atoms with van der Waals surface area (Å²) in [4.78, 5) is 0. The lowest BCUT2D eigenvalue weighted by Gasteiger charge is -2.18. The van der Waals surface area contributed by atoms with Gasteiger partial charge in [0.2, 0.25) is 0 Å². The lowest BCUT2D eigenvalue weighted by Crippen LogP contribution is -2.06. The van der Waals surface area contributed by atoms with Gasteiger partial charge in [0, 0.05) is 11.7 Å². The molecule has 0 heterocycles. The summed E-state index contributed by atoms with van der Waals surface area (Å²) in [5, 5.41) is 1.44. The fourth-order valence-electron chi connectivity index (χ4n) is 4.10. The van der Waals surface area contributed by atoms with Gasteiger partial charge in [-0.25, -0.2) is 0 Å². The van der Waals surface area contributed by atoms with Crippen LogP contribution in [-0.4, -0.2) is 5.80 Å². The van der Waals surface area contributed by atoms with Crippen molar-refractivity contribution in [1.82, 2.24) is 0 Å². The molecule has 0 saturated carbocycles. The van der Waals surface area contributed by atoms with Crippen LogP contribution in [0, 0.1) is 54.6 Å². The van der Waals surface area contributed by atoms with E-state index in [-0.39, 0.29) is 0 Å². The van der Waals surface area contributed by atoms with Crippen LogP contribution in [0.5, 0.6) is 0 Å². The van der Waals surface area contributed by atoms with Crippen LogP contribution < -0.4 is 5.30 Å². The van der Waals surface area contributed by atoms with E-state index in [1.807, 2.05) is 0 Å². The van der Waals surface area contributed by atoms with Crippen LogP contribution in [0.1, 0.15) is 50.1 Å². The summed E-state index contributed by atoms with van der Waals surface area (Å²) in [6.07, 6.45) is 2.51. The summed E-state index contributed by atoms with van der Waals surface area (Å²) < 4.78 is 0. The number of benzene rings is 3. The Hall–Kier alpha value is -2.30. The van der Waals surface area contributed by atoms with Crippen molar-refractivity contribution in [2.24, 2.45) is 0 Å². The van der Waals surface area contributed by atoms with E-state index in [2.05, 4.69) is 109 Å². The molecule has 0 saturated heterocycles. The third kappa shape index (κ3) is 4.40. The molecule has 0 aliphatic rings. The van der Waals surface area contributed by atoms with Crippen molar-refractivity contribution in [1.29, 1.82) is 0 Å². The standard InChI is InChI=1S/C27H31P/c1-18-12-21(4)25(22(5)13-18)16-28(27-11-9-8-10-20(27)3)17-26-23(6)14-19(2)15-24(26)7/h8-17H,1-7H3. The van der Waals surface area contributed by atoms with Crippen molar-refractivity contribution in [3.8, 4) is 0 Å². The van der Waals surface area contributed by atoms with E-state index in [9.17, 15) is 0 Å². The summed E-state index contributed by atoms with van der Waals surface area (Å²) in [5.41, 5.74) is 12.3. The van der Waals surface area contributed by atoms with Crippen molar-refractivity contribution >= 4 is 18.6 Å². The largest absolute Gasteiger partial charge is 0.147 e. The first-order chi connectivity index (χ1) is 13.3. The Morgan fingerprint density at radius 1 is 0.643 bits per heavy atom. The van der Waals surface area contributed by atoms with Gasteiger partial charge in [-0.05, 0) is 57.4 Å². The Labute approximate surface area is 172 Å². The molecule has 3 rings (SSSR count). The highest BCUT2D eigenvalue weighted by molar-refractivity contribution is 7.67. The molecule has 1 atom stereocenters. The third-order valence-electron chi connectivity index (χ3n) is 5.41. The van der Waals surface area contributed by atoms with Crippen LogP contribution in [0.3, 0.4) is 0 Å². The van der Waals surface area contributed by atoms with Crippen LogP contribution in [-0.2, 0) is 0 Å². The van der Waals surface area contributed by atoms with E-state index in [0.29, 0.717) is 0 Å². The molecule has 3 aromatic rings. The van der Waals surface area contributed by atoms with Gasteiger partial charge >= 0.3 is 0 Å². The normalized spacial score (nSPS) is 11.6. The first-order valence-corrected chi connectivity index (χ1v) is 11.4. The summed E-state index contributed by atoms with van der Waals surface area (Å²) >= 11 is 0. The first-order valence-electron chi connectivity index (χ1n) is 9.95. The molecule has 0 fully saturated rings. The minimum absolute atomic E-state index is 0.563. The first kappa shape index (κ1) is 20.4. The second-order valence-electron chi connectivity index (χ2n) is 8.08. The Bertz CT molecular complexity index is 1010. The summed E-state index contributed by atoms with van der Waals surface area (Å²) in [7, 11) is -0.563. The zero-order valence-corrected chi connectivity index (χ0v) is 19.1. The second kappa shape index (κ2) is 8.38. The maximum Gasteiger partial charge on any atom is 0.144 e. The molecule has 0 radical (unpaired) electrons. The molecular formula is C27H31P. The van der Waals surface area contributed by atoms with E-state index >= 15 is 0 Å². The molecule has 0 bridgehead atoms. The molecule has 1 heteroatoms. The summed E-state index contributed by atoms with van der Waals surface area (Å²) in [6.45, 7) is 15.5. The Morgan fingerprint density at radius 3 is 1.68 bits per heavy atom. The molecule has 0 amide bonds. The average Bonchev–Trinajstić information content (AvgIpc) is 2.59. The SMILES string of the molecule is Cc1cc(C)c(C=[P+]([CH-]c2c(C)cc(C)cc2C)c2ccccc2C)c(C)c1. The van der Waals surface area contributed by atoms with Gasteiger partial charge in [0.1, 0.15) is 18.6 Å². The molecule has 3 aromatic carbocycles. The summed E-state index contributed by atoms with van der Waals surface area (Å²) in [6, 6.07) is 18.0. The minimum atomic E-state index is -0.563. The number of aryl methyl sites for hydroxylation is 7. The number of hydrogen-bond donors (Lipinski definition) is 0. The van der Waals surface area contributed by atoms with Gasteiger partial charge in [-0.15, -0.1) is 28.8 Å². The fourth-order valence-corrected chi connectivity index (χ4v) is 6.56. The Morgan fingerprint density at radius 2 is 1.14 bits per heavy atom. The van der Waals surface area contributed by atoms with Gasteiger partial charge in [-0.3, -0.25) is 0 Å². The van der Waals surface area contributed by atoms with Crippen LogP contribution >= 0.6 is 7.55 Å². The van der Waals surface area contributed by atoms with Crippen molar-refractivity contribution in [2.75, 3.05) is 0 Å². The minimum Gasteiger partial charge on any atom is -0.147 e. The maximum atomic E-state index is 2.51.